The molecule has 4 amide bonds. The average Bonchev–Trinajstić information content (AvgIpc) is 3.07. The standard InChI is InChI=1S/C24H20N4O5/c1-16-12-13-19(14-20(16)28(32)33)25-21(29)15-27-22(30)24(26-23(27)31,17-8-4-2-5-9-17)18-10-6-3-7-11-18/h2-14H,15H2,1H3,(H,25,29)(H,26,31). The van der Waals surface area contributed by atoms with Gasteiger partial charge in [-0.25, -0.2) is 4.79 Å². The molecule has 9 nitrogen and oxygen atoms in total. The van der Waals surface area contributed by atoms with Gasteiger partial charge in [0.1, 0.15) is 6.54 Å². The number of benzene rings is 3. The second kappa shape index (κ2) is 8.54. The largest absolute Gasteiger partial charge is 0.326 e. The van der Waals surface area contributed by atoms with Gasteiger partial charge in [-0.1, -0.05) is 66.7 Å². The van der Waals surface area contributed by atoms with Gasteiger partial charge < -0.3 is 10.6 Å². The number of carbonyl (C=O) groups excluding carboxylic acids is 3. The number of imide groups is 1. The Bertz CT molecular complexity index is 1200. The van der Waals surface area contributed by atoms with Gasteiger partial charge in [0.25, 0.3) is 11.6 Å². The van der Waals surface area contributed by atoms with Gasteiger partial charge in [-0.15, -0.1) is 0 Å². The smallest absolute Gasteiger partial charge is 0.324 e. The zero-order chi connectivity index (χ0) is 23.6. The summed E-state index contributed by atoms with van der Waals surface area (Å²) in [6.45, 7) is 1.04. The summed E-state index contributed by atoms with van der Waals surface area (Å²) in [6, 6.07) is 21.2. The van der Waals surface area contributed by atoms with Crippen molar-refractivity contribution >= 4 is 29.2 Å². The highest BCUT2D eigenvalue weighted by molar-refractivity contribution is 6.12. The first-order chi connectivity index (χ1) is 15.8. The number of hydrogen-bond acceptors (Lipinski definition) is 5. The lowest BCUT2D eigenvalue weighted by molar-refractivity contribution is -0.385. The number of nitrogens with zero attached hydrogens (tertiary/aromatic N) is 2. The Hall–Kier alpha value is -4.53. The molecule has 3 aromatic carbocycles. The molecule has 1 fully saturated rings. The summed E-state index contributed by atoms with van der Waals surface area (Å²) in [6.07, 6.45) is 0. The van der Waals surface area contributed by atoms with E-state index < -0.39 is 34.9 Å². The van der Waals surface area contributed by atoms with Crippen LogP contribution in [0.1, 0.15) is 16.7 Å². The number of nitrogens with one attached hydrogen (secondary N) is 2. The molecular formula is C24H20N4O5. The van der Waals surface area contributed by atoms with Crippen molar-refractivity contribution in [3.63, 3.8) is 0 Å². The number of urea groups is 1. The fourth-order valence-electron chi connectivity index (χ4n) is 3.88. The highest BCUT2D eigenvalue weighted by atomic mass is 16.6. The van der Waals surface area contributed by atoms with E-state index in [-0.39, 0.29) is 11.4 Å². The van der Waals surface area contributed by atoms with Crippen LogP contribution in [-0.4, -0.2) is 34.2 Å². The van der Waals surface area contributed by atoms with Crippen molar-refractivity contribution in [3.8, 4) is 0 Å². The third-order valence-corrected chi connectivity index (χ3v) is 5.51. The van der Waals surface area contributed by atoms with Crippen molar-refractivity contribution in [3.05, 3.63) is 106 Å². The first-order valence-corrected chi connectivity index (χ1v) is 10.1. The Balaban J connectivity index is 1.62. The highest BCUT2D eigenvalue weighted by Gasteiger charge is 2.54. The van der Waals surface area contributed by atoms with E-state index in [4.69, 9.17) is 0 Å². The zero-order valence-corrected chi connectivity index (χ0v) is 17.6. The molecular weight excluding hydrogens is 424 g/mol. The molecule has 33 heavy (non-hydrogen) atoms. The number of nitro benzene ring substituents is 1. The SMILES string of the molecule is Cc1ccc(NC(=O)CN2C(=O)NC(c3ccccc3)(c3ccccc3)C2=O)cc1[N+](=O)[O-]. The van der Waals surface area contributed by atoms with Crippen molar-refractivity contribution in [1.29, 1.82) is 0 Å². The first kappa shape index (κ1) is 21.7. The van der Waals surface area contributed by atoms with Crippen LogP contribution in [0.4, 0.5) is 16.2 Å². The molecule has 0 saturated carbocycles. The van der Waals surface area contributed by atoms with Gasteiger partial charge in [-0.05, 0) is 24.1 Å². The molecule has 0 spiro atoms. The lowest BCUT2D eigenvalue weighted by Crippen LogP contribution is -2.45. The first-order valence-electron chi connectivity index (χ1n) is 10.1. The second-order valence-corrected chi connectivity index (χ2v) is 7.61. The summed E-state index contributed by atoms with van der Waals surface area (Å²) in [5, 5.41) is 16.4. The van der Waals surface area contributed by atoms with Gasteiger partial charge in [0, 0.05) is 17.3 Å². The molecule has 1 saturated heterocycles. The molecule has 1 aliphatic rings. The van der Waals surface area contributed by atoms with Gasteiger partial charge in [0.05, 0.1) is 4.92 Å². The quantitative estimate of drug-likeness (QED) is 0.343. The number of aryl methyl sites for hydroxylation is 1. The Kier molecular flexibility index (Phi) is 5.61. The lowest BCUT2D eigenvalue weighted by atomic mass is 9.82. The number of rotatable bonds is 6. The normalized spacial score (nSPS) is 14.6. The number of nitro groups is 1. The molecule has 0 radical (unpaired) electrons. The maximum Gasteiger partial charge on any atom is 0.326 e. The molecule has 2 N–H and O–H groups in total. The van der Waals surface area contributed by atoms with Crippen molar-refractivity contribution < 1.29 is 19.3 Å². The van der Waals surface area contributed by atoms with E-state index in [0.717, 1.165) is 4.90 Å². The summed E-state index contributed by atoms with van der Waals surface area (Å²) in [5.74, 6) is -1.25. The molecule has 0 aromatic heterocycles. The molecule has 0 aliphatic carbocycles. The van der Waals surface area contributed by atoms with E-state index in [0.29, 0.717) is 16.7 Å². The van der Waals surface area contributed by atoms with Crippen LogP contribution < -0.4 is 10.6 Å². The molecule has 4 rings (SSSR count). The van der Waals surface area contributed by atoms with Gasteiger partial charge in [0.15, 0.2) is 5.54 Å². The van der Waals surface area contributed by atoms with Crippen LogP contribution in [0.2, 0.25) is 0 Å². The van der Waals surface area contributed by atoms with E-state index in [1.807, 2.05) is 0 Å². The van der Waals surface area contributed by atoms with E-state index in [9.17, 15) is 24.5 Å². The number of amides is 4. The number of anilines is 1. The van der Waals surface area contributed by atoms with E-state index in [1.54, 1.807) is 67.6 Å². The number of carbonyl (C=O) groups is 3. The topological polar surface area (TPSA) is 122 Å². The fraction of sp³-hybridized carbons (Fsp3) is 0.125. The minimum absolute atomic E-state index is 0.144. The molecule has 9 heteroatoms. The van der Waals surface area contributed by atoms with E-state index >= 15 is 0 Å². The third kappa shape index (κ3) is 3.91. The third-order valence-electron chi connectivity index (χ3n) is 5.51. The molecule has 0 unspecified atom stereocenters. The molecule has 0 atom stereocenters. The summed E-state index contributed by atoms with van der Waals surface area (Å²) in [4.78, 5) is 50.5. The van der Waals surface area contributed by atoms with Crippen LogP contribution in [0.5, 0.6) is 0 Å². The molecule has 1 aliphatic heterocycles. The van der Waals surface area contributed by atoms with Crippen LogP contribution >= 0.6 is 0 Å². The van der Waals surface area contributed by atoms with Crippen molar-refractivity contribution in [2.75, 3.05) is 11.9 Å². The Morgan fingerprint density at radius 2 is 1.58 bits per heavy atom. The average molecular weight is 444 g/mol. The molecule has 166 valence electrons. The summed E-state index contributed by atoms with van der Waals surface area (Å²) in [7, 11) is 0. The minimum Gasteiger partial charge on any atom is -0.324 e. The van der Waals surface area contributed by atoms with Crippen molar-refractivity contribution in [2.24, 2.45) is 0 Å². The van der Waals surface area contributed by atoms with Crippen LogP contribution in [0.3, 0.4) is 0 Å². The monoisotopic (exact) mass is 444 g/mol. The van der Waals surface area contributed by atoms with Gasteiger partial charge in [-0.2, -0.15) is 0 Å². The Labute approximate surface area is 189 Å². The van der Waals surface area contributed by atoms with Crippen LogP contribution in [0, 0.1) is 17.0 Å². The van der Waals surface area contributed by atoms with Gasteiger partial charge >= 0.3 is 6.03 Å². The van der Waals surface area contributed by atoms with Crippen molar-refractivity contribution in [2.45, 2.75) is 12.5 Å². The second-order valence-electron chi connectivity index (χ2n) is 7.61. The number of hydrogen-bond donors (Lipinski definition) is 2. The van der Waals surface area contributed by atoms with Crippen LogP contribution in [-0.2, 0) is 15.1 Å². The highest BCUT2D eigenvalue weighted by Crippen LogP contribution is 2.36. The molecule has 1 heterocycles. The summed E-state index contributed by atoms with van der Waals surface area (Å²) >= 11 is 0. The molecule has 0 bridgehead atoms. The maximum absolute atomic E-state index is 13.6. The predicted molar refractivity (Wildman–Crippen MR) is 120 cm³/mol. The molecule has 3 aromatic rings. The lowest BCUT2D eigenvalue weighted by Gasteiger charge is -2.28. The van der Waals surface area contributed by atoms with Crippen molar-refractivity contribution in [1.82, 2.24) is 10.2 Å². The summed E-state index contributed by atoms with van der Waals surface area (Å²) in [5.41, 5.74) is 0.153. The van der Waals surface area contributed by atoms with E-state index in [2.05, 4.69) is 10.6 Å². The van der Waals surface area contributed by atoms with Gasteiger partial charge in [0.2, 0.25) is 5.91 Å². The van der Waals surface area contributed by atoms with Crippen LogP contribution in [0.15, 0.2) is 78.9 Å². The van der Waals surface area contributed by atoms with Gasteiger partial charge in [-0.3, -0.25) is 24.6 Å². The maximum atomic E-state index is 13.6. The fourth-order valence-corrected chi connectivity index (χ4v) is 3.88. The Morgan fingerprint density at radius 3 is 2.12 bits per heavy atom. The Morgan fingerprint density at radius 1 is 1.00 bits per heavy atom. The van der Waals surface area contributed by atoms with E-state index in [1.165, 1.54) is 18.2 Å². The summed E-state index contributed by atoms with van der Waals surface area (Å²) < 4.78 is 0. The zero-order valence-electron chi connectivity index (χ0n) is 17.6. The predicted octanol–water partition coefficient (Wildman–Crippen LogP) is 3.34. The van der Waals surface area contributed by atoms with Crippen LogP contribution in [0.25, 0.3) is 0 Å². The minimum atomic E-state index is -1.47.